The zero-order valence-corrected chi connectivity index (χ0v) is 60.1. The molecule has 0 spiro atoms. The number of benzene rings is 9. The number of pyridine rings is 6. The SMILES string of the molecule is Brc1cc(Br)cc(-c2nc(-c3ccccc3)cc(-c3ccccc3)n2)c1.Cc1cc(-c2ccccn2)cc(-c2ccccn2)c1.c1ccc(-c2cc(-c3ccccc3)nc(-c3cc(-c4cc(-c5ccccn5)cc(-c5ccccn5)c4)cc(-c4cc(-c5ccccn5)cc(-c5ccccn5)c4)c3)n2)cc1. The molecule has 0 saturated carbocycles. The smallest absolute Gasteiger partial charge is 0.160 e. The Morgan fingerprint density at radius 1 is 0.171 bits per heavy atom. The maximum atomic E-state index is 5.28. The summed E-state index contributed by atoms with van der Waals surface area (Å²) in [5.74, 6) is 1.32. The summed E-state index contributed by atoms with van der Waals surface area (Å²) in [5, 5.41) is 0. The van der Waals surface area contributed by atoms with E-state index in [0.29, 0.717) is 11.6 Å². The molecule has 0 saturated heterocycles. The van der Waals surface area contributed by atoms with Crippen molar-refractivity contribution in [3.63, 3.8) is 0 Å². The van der Waals surface area contributed by atoms with Crippen LogP contribution in [0.2, 0.25) is 0 Å². The van der Waals surface area contributed by atoms with Crippen molar-refractivity contribution in [1.82, 2.24) is 49.8 Å². The third-order valence-electron chi connectivity index (χ3n) is 17.4. The van der Waals surface area contributed by atoms with Gasteiger partial charge in [-0.05, 0) is 211 Å². The van der Waals surface area contributed by atoms with Gasteiger partial charge in [0, 0.05) is 113 Å². The molecule has 10 nitrogen and oxygen atoms in total. The predicted molar refractivity (Wildman–Crippen MR) is 434 cm³/mol. The molecule has 8 heterocycles. The van der Waals surface area contributed by atoms with E-state index in [9.17, 15) is 0 Å². The number of halogens is 2. The first-order valence-corrected chi connectivity index (χ1v) is 35.8. The molecule has 0 unspecified atom stereocenters. The molecule has 0 atom stereocenters. The van der Waals surface area contributed by atoms with Gasteiger partial charge in [-0.2, -0.15) is 0 Å². The van der Waals surface area contributed by atoms with Crippen LogP contribution in [0.25, 0.3) is 158 Å². The first kappa shape index (κ1) is 67.8. The molecule has 12 heteroatoms. The highest BCUT2D eigenvalue weighted by Gasteiger charge is 2.19. The lowest BCUT2D eigenvalue weighted by molar-refractivity contribution is 1.18. The first-order valence-electron chi connectivity index (χ1n) is 34.2. The monoisotopic (exact) mass is 1480 g/mol. The highest BCUT2D eigenvalue weighted by Crippen LogP contribution is 2.40. The topological polar surface area (TPSA) is 129 Å². The standard InChI is InChI=1S/C54H36N6.C22H14Br2N2.C17H14N2/c1-3-15-37(16-4-1)52-36-53(38-17-5-2-6-18-38)60-54(59-52)47-32-39(41-28-43(48-19-7-11-23-55-48)34-44(29-41)49-20-8-12-24-56-49)27-40(33-47)42-30-45(50-21-9-13-25-57-50)35-46(31-42)51-22-10-14-26-58-51;23-18-11-17(12-19(24)13-18)22-25-20(15-7-3-1-4-8-15)14-21(26-22)16-9-5-2-6-10-16;1-13-10-14(16-6-2-4-8-18-16)12-15(11-13)17-7-3-5-9-19-17/h1-36H;1-14H;2-12H,1H3. The molecule has 0 aliphatic carbocycles. The molecule has 8 aromatic heterocycles. The first-order chi connectivity index (χ1) is 51.7. The molecule has 500 valence electrons. The van der Waals surface area contributed by atoms with Gasteiger partial charge in [0.1, 0.15) is 0 Å². The van der Waals surface area contributed by atoms with Crippen molar-refractivity contribution in [2.24, 2.45) is 0 Å². The Balaban J connectivity index is 0.000000160. The number of aromatic nitrogens is 10. The van der Waals surface area contributed by atoms with E-state index in [-0.39, 0.29) is 0 Å². The van der Waals surface area contributed by atoms with Crippen LogP contribution in [0.3, 0.4) is 0 Å². The molecule has 17 rings (SSSR count). The minimum absolute atomic E-state index is 0.620. The highest BCUT2D eigenvalue weighted by atomic mass is 79.9. The highest BCUT2D eigenvalue weighted by molar-refractivity contribution is 9.11. The van der Waals surface area contributed by atoms with Crippen LogP contribution in [0.1, 0.15) is 5.56 Å². The normalized spacial score (nSPS) is 10.8. The average molecular weight is 1480 g/mol. The molecular weight excluding hydrogens is 1420 g/mol. The molecule has 0 N–H and O–H groups in total. The zero-order chi connectivity index (χ0) is 71.1. The second-order valence-corrected chi connectivity index (χ2v) is 26.7. The minimum Gasteiger partial charge on any atom is -0.256 e. The Hall–Kier alpha value is -13.0. The summed E-state index contributed by atoms with van der Waals surface area (Å²) in [7, 11) is 0. The summed E-state index contributed by atoms with van der Waals surface area (Å²) in [6, 6.07) is 113. The molecule has 17 aromatic rings. The summed E-state index contributed by atoms with van der Waals surface area (Å²) in [5.41, 5.74) is 26.4. The Kier molecular flexibility index (Phi) is 20.9. The van der Waals surface area contributed by atoms with Gasteiger partial charge in [-0.25, -0.2) is 19.9 Å². The summed E-state index contributed by atoms with van der Waals surface area (Å²) < 4.78 is 1.97. The van der Waals surface area contributed by atoms with E-state index >= 15 is 0 Å². The van der Waals surface area contributed by atoms with E-state index in [2.05, 4.69) is 176 Å². The van der Waals surface area contributed by atoms with Gasteiger partial charge < -0.3 is 0 Å². The second-order valence-electron chi connectivity index (χ2n) is 24.8. The van der Waals surface area contributed by atoms with Crippen LogP contribution in [-0.2, 0) is 0 Å². The van der Waals surface area contributed by atoms with Gasteiger partial charge in [-0.15, -0.1) is 0 Å². The quantitative estimate of drug-likeness (QED) is 0.104. The Labute approximate surface area is 627 Å². The Morgan fingerprint density at radius 2 is 0.381 bits per heavy atom. The van der Waals surface area contributed by atoms with E-state index in [4.69, 9.17) is 39.9 Å². The van der Waals surface area contributed by atoms with Crippen LogP contribution in [-0.4, -0.2) is 49.8 Å². The fraction of sp³-hybridized carbons (Fsp3) is 0.0108. The van der Waals surface area contributed by atoms with Crippen LogP contribution in [0.15, 0.2) is 380 Å². The molecule has 0 fully saturated rings. The summed E-state index contributed by atoms with van der Waals surface area (Å²) in [6.45, 7) is 2.10. The number of hydrogen-bond donors (Lipinski definition) is 0. The van der Waals surface area contributed by atoms with E-state index in [1.165, 1.54) is 5.56 Å². The van der Waals surface area contributed by atoms with Gasteiger partial charge in [0.15, 0.2) is 11.6 Å². The number of aryl methyl sites for hydroxylation is 1. The van der Waals surface area contributed by atoms with Crippen LogP contribution >= 0.6 is 31.9 Å². The van der Waals surface area contributed by atoms with Crippen molar-refractivity contribution in [2.75, 3.05) is 0 Å². The Morgan fingerprint density at radius 3 is 0.629 bits per heavy atom. The van der Waals surface area contributed by atoms with E-state index in [0.717, 1.165) is 155 Å². The van der Waals surface area contributed by atoms with Gasteiger partial charge in [0.25, 0.3) is 0 Å². The van der Waals surface area contributed by atoms with E-state index in [1.54, 1.807) is 0 Å². The molecule has 0 aliphatic heterocycles. The fourth-order valence-corrected chi connectivity index (χ4v) is 13.7. The minimum atomic E-state index is 0.620. The van der Waals surface area contributed by atoms with Crippen molar-refractivity contribution < 1.29 is 0 Å². The zero-order valence-electron chi connectivity index (χ0n) is 56.9. The van der Waals surface area contributed by atoms with Crippen molar-refractivity contribution >= 4 is 31.9 Å². The third kappa shape index (κ3) is 16.8. The molecule has 9 aromatic carbocycles. The number of nitrogens with zero attached hydrogens (tertiary/aromatic N) is 10. The van der Waals surface area contributed by atoms with Crippen molar-refractivity contribution in [1.29, 1.82) is 0 Å². The average Bonchev–Trinajstić information content (AvgIpc) is 0.768. The summed E-state index contributed by atoms with van der Waals surface area (Å²) in [6.07, 6.45) is 11.0. The Bertz CT molecular complexity index is 5120. The largest absolute Gasteiger partial charge is 0.256 e. The molecular formula is C93H64Br2N10. The lowest BCUT2D eigenvalue weighted by atomic mass is 9.91. The lowest BCUT2D eigenvalue weighted by Crippen LogP contribution is -1.97. The van der Waals surface area contributed by atoms with E-state index < -0.39 is 0 Å². The molecule has 0 bridgehead atoms. The maximum absolute atomic E-state index is 5.28. The third-order valence-corrected chi connectivity index (χ3v) is 18.3. The lowest BCUT2D eigenvalue weighted by Gasteiger charge is -2.16. The fourth-order valence-electron chi connectivity index (χ4n) is 12.4. The molecule has 0 aliphatic rings. The maximum Gasteiger partial charge on any atom is 0.160 e. The summed E-state index contributed by atoms with van der Waals surface area (Å²) in [4.78, 5) is 48.0. The number of hydrogen-bond acceptors (Lipinski definition) is 10. The second kappa shape index (κ2) is 32.3. The van der Waals surface area contributed by atoms with Crippen LogP contribution in [0.4, 0.5) is 0 Å². The molecule has 105 heavy (non-hydrogen) atoms. The van der Waals surface area contributed by atoms with Gasteiger partial charge in [0.05, 0.1) is 56.9 Å². The van der Waals surface area contributed by atoms with Crippen LogP contribution < -0.4 is 0 Å². The van der Waals surface area contributed by atoms with Crippen LogP contribution in [0.5, 0.6) is 0 Å². The van der Waals surface area contributed by atoms with Crippen molar-refractivity contribution in [3.8, 4) is 158 Å². The van der Waals surface area contributed by atoms with E-state index in [1.807, 2.05) is 243 Å². The predicted octanol–water partition coefficient (Wildman–Crippen LogP) is 24.2. The van der Waals surface area contributed by atoms with Gasteiger partial charge in [-0.3, -0.25) is 29.9 Å². The molecule has 0 radical (unpaired) electrons. The summed E-state index contributed by atoms with van der Waals surface area (Å²) >= 11 is 7.10. The van der Waals surface area contributed by atoms with Gasteiger partial charge in [-0.1, -0.05) is 190 Å². The van der Waals surface area contributed by atoms with Crippen molar-refractivity contribution in [3.05, 3.63) is 385 Å². The van der Waals surface area contributed by atoms with Crippen LogP contribution in [0, 0.1) is 6.92 Å². The number of rotatable bonds is 14. The van der Waals surface area contributed by atoms with Gasteiger partial charge >= 0.3 is 0 Å². The van der Waals surface area contributed by atoms with Crippen molar-refractivity contribution in [2.45, 2.75) is 6.92 Å². The molecule has 0 amide bonds. The van der Waals surface area contributed by atoms with Gasteiger partial charge in [0.2, 0.25) is 0 Å².